The van der Waals surface area contributed by atoms with E-state index < -0.39 is 0 Å². The number of hydrogen-bond donors (Lipinski definition) is 0. The Labute approximate surface area is 130 Å². The summed E-state index contributed by atoms with van der Waals surface area (Å²) in [6.45, 7) is 1.96. The van der Waals surface area contributed by atoms with Gasteiger partial charge in [0.1, 0.15) is 0 Å². The third-order valence-corrected chi connectivity index (χ3v) is 3.53. The van der Waals surface area contributed by atoms with Gasteiger partial charge in [-0.1, -0.05) is 66.8 Å². The lowest BCUT2D eigenvalue weighted by Crippen LogP contribution is -1.73. The normalized spacial score (nSPS) is 15.3. The van der Waals surface area contributed by atoms with Crippen molar-refractivity contribution in [3.63, 3.8) is 0 Å². The molecule has 0 atom stereocenters. The molecule has 0 bridgehead atoms. The van der Waals surface area contributed by atoms with Crippen molar-refractivity contribution < 1.29 is 0 Å². The van der Waals surface area contributed by atoms with Gasteiger partial charge in [0.25, 0.3) is 0 Å². The second-order valence-electron chi connectivity index (χ2n) is 5.24. The fraction of sp³-hybridized carbons (Fsp3) is 0.100. The fourth-order valence-corrected chi connectivity index (χ4v) is 2.36. The van der Waals surface area contributed by atoms with Crippen molar-refractivity contribution in [1.29, 1.82) is 0 Å². The van der Waals surface area contributed by atoms with Crippen molar-refractivity contribution in [3.05, 3.63) is 90.2 Å². The van der Waals surface area contributed by atoms with Crippen molar-refractivity contribution in [1.82, 2.24) is 0 Å². The highest BCUT2D eigenvalue weighted by atomic mass is 15.1. The average Bonchev–Trinajstić information content (AvgIpc) is 3.06. The van der Waals surface area contributed by atoms with Gasteiger partial charge in [-0.25, -0.2) is 0 Å². The second kappa shape index (κ2) is 6.81. The van der Waals surface area contributed by atoms with Gasteiger partial charge in [-0.3, -0.25) is 0 Å². The first-order valence-electron chi connectivity index (χ1n) is 7.43. The maximum atomic E-state index is 4.38. The first-order chi connectivity index (χ1) is 10.8. The van der Waals surface area contributed by atoms with E-state index in [4.69, 9.17) is 0 Å². The van der Waals surface area contributed by atoms with E-state index in [-0.39, 0.29) is 0 Å². The van der Waals surface area contributed by atoms with E-state index in [2.05, 4.69) is 52.7 Å². The molecule has 2 aromatic rings. The van der Waals surface area contributed by atoms with Crippen LogP contribution in [0.3, 0.4) is 0 Å². The van der Waals surface area contributed by atoms with Crippen LogP contribution in [-0.4, -0.2) is 0 Å². The van der Waals surface area contributed by atoms with Crippen LogP contribution in [-0.2, 0) is 0 Å². The lowest BCUT2D eigenvalue weighted by Gasteiger charge is -2.00. The number of hydrogen-bond acceptors (Lipinski definition) is 2. The summed E-state index contributed by atoms with van der Waals surface area (Å²) in [6, 6.07) is 14.3. The Morgan fingerprint density at radius 3 is 2.82 bits per heavy atom. The zero-order valence-electron chi connectivity index (χ0n) is 12.6. The summed E-state index contributed by atoms with van der Waals surface area (Å²) < 4.78 is 0. The van der Waals surface area contributed by atoms with Crippen LogP contribution in [0.2, 0.25) is 0 Å². The van der Waals surface area contributed by atoms with E-state index in [1.165, 1.54) is 11.0 Å². The maximum absolute atomic E-state index is 4.38. The van der Waals surface area contributed by atoms with Gasteiger partial charge in [-0.2, -0.15) is 10.2 Å². The predicted molar refractivity (Wildman–Crippen MR) is 93.2 cm³/mol. The van der Waals surface area contributed by atoms with E-state index in [9.17, 15) is 0 Å². The SMILES string of the molecule is CC(=C\C=C/C1=CC=CC1)/N=N/c1cccc2ccccc12. The number of benzene rings is 2. The Balaban J connectivity index is 1.74. The molecule has 0 unspecified atom stereocenters. The van der Waals surface area contributed by atoms with Gasteiger partial charge in [0.15, 0.2) is 0 Å². The molecule has 2 heteroatoms. The molecule has 3 rings (SSSR count). The number of nitrogens with zero attached hydrogens (tertiary/aromatic N) is 2. The highest BCUT2D eigenvalue weighted by molar-refractivity contribution is 5.92. The molecular weight excluding hydrogens is 268 g/mol. The summed E-state index contributed by atoms with van der Waals surface area (Å²) >= 11 is 0. The smallest absolute Gasteiger partial charge is 0.0935 e. The Hall–Kier alpha value is -2.74. The quantitative estimate of drug-likeness (QED) is 0.467. The molecule has 0 fully saturated rings. The predicted octanol–water partition coefficient (Wildman–Crippen LogP) is 6.27. The van der Waals surface area contributed by atoms with Crippen LogP contribution >= 0.6 is 0 Å². The topological polar surface area (TPSA) is 24.7 Å². The molecule has 0 aliphatic heterocycles. The molecule has 0 radical (unpaired) electrons. The van der Waals surface area contributed by atoms with Gasteiger partial charge in [0.05, 0.1) is 11.4 Å². The molecule has 2 nitrogen and oxygen atoms in total. The van der Waals surface area contributed by atoms with Crippen molar-refractivity contribution in [2.45, 2.75) is 13.3 Å². The molecule has 0 saturated heterocycles. The summed E-state index contributed by atoms with van der Waals surface area (Å²) in [7, 11) is 0. The third-order valence-electron chi connectivity index (χ3n) is 3.53. The lowest BCUT2D eigenvalue weighted by atomic mass is 10.1. The molecule has 1 aliphatic carbocycles. The maximum Gasteiger partial charge on any atom is 0.0935 e. The minimum absolute atomic E-state index is 0.885. The molecular formula is C20H18N2. The summed E-state index contributed by atoms with van der Waals surface area (Å²) in [5.74, 6) is 0. The van der Waals surface area contributed by atoms with Crippen molar-refractivity contribution in [2.75, 3.05) is 0 Å². The minimum Gasteiger partial charge on any atom is -0.155 e. The summed E-state index contributed by atoms with van der Waals surface area (Å²) in [6.07, 6.45) is 13.5. The first-order valence-corrected chi connectivity index (χ1v) is 7.43. The lowest BCUT2D eigenvalue weighted by molar-refractivity contribution is 1.13. The molecule has 0 N–H and O–H groups in total. The molecule has 2 aromatic carbocycles. The Morgan fingerprint density at radius 2 is 1.95 bits per heavy atom. The van der Waals surface area contributed by atoms with E-state index in [0.717, 1.165) is 23.2 Å². The van der Waals surface area contributed by atoms with Crippen LogP contribution in [0.5, 0.6) is 0 Å². The van der Waals surface area contributed by atoms with Crippen LogP contribution in [0.15, 0.2) is 100 Å². The molecule has 0 spiro atoms. The molecule has 0 saturated carbocycles. The molecule has 1 aliphatic rings. The largest absolute Gasteiger partial charge is 0.155 e. The van der Waals surface area contributed by atoms with Crippen LogP contribution in [0.4, 0.5) is 5.69 Å². The highest BCUT2D eigenvalue weighted by Gasteiger charge is 1.98. The van der Waals surface area contributed by atoms with E-state index in [0.29, 0.717) is 0 Å². The Morgan fingerprint density at radius 1 is 1.09 bits per heavy atom. The van der Waals surface area contributed by atoms with Crippen molar-refractivity contribution in [3.8, 4) is 0 Å². The van der Waals surface area contributed by atoms with Gasteiger partial charge in [0, 0.05) is 5.39 Å². The number of allylic oxidation sites excluding steroid dienone is 8. The number of azo groups is 1. The first kappa shape index (κ1) is 14.2. The third kappa shape index (κ3) is 3.47. The zero-order valence-corrected chi connectivity index (χ0v) is 12.6. The molecule has 0 amide bonds. The molecule has 0 heterocycles. The fourth-order valence-electron chi connectivity index (χ4n) is 2.36. The minimum atomic E-state index is 0.885. The second-order valence-corrected chi connectivity index (χ2v) is 5.24. The van der Waals surface area contributed by atoms with Gasteiger partial charge in [0.2, 0.25) is 0 Å². The molecule has 108 valence electrons. The van der Waals surface area contributed by atoms with Crippen molar-refractivity contribution >= 4 is 16.5 Å². The molecule has 0 aromatic heterocycles. The summed E-state index contributed by atoms with van der Waals surface area (Å²) in [5, 5.41) is 11.0. The summed E-state index contributed by atoms with van der Waals surface area (Å²) in [4.78, 5) is 0. The van der Waals surface area contributed by atoms with E-state index >= 15 is 0 Å². The Bertz CT molecular complexity index is 815. The zero-order chi connectivity index (χ0) is 15.2. The molecule has 22 heavy (non-hydrogen) atoms. The standard InChI is InChI=1S/C20H18N2/c1-16(8-6-11-17-9-2-3-10-17)21-22-20-15-7-13-18-12-4-5-14-19(18)20/h2-9,11-15H,10H2,1H3/b11-6-,16-8+,22-21+. The van der Waals surface area contributed by atoms with E-state index in [1.54, 1.807) is 0 Å². The van der Waals surface area contributed by atoms with Crippen LogP contribution in [0, 0.1) is 0 Å². The van der Waals surface area contributed by atoms with Gasteiger partial charge < -0.3 is 0 Å². The highest BCUT2D eigenvalue weighted by Crippen LogP contribution is 2.26. The van der Waals surface area contributed by atoms with Crippen molar-refractivity contribution in [2.24, 2.45) is 10.2 Å². The number of rotatable bonds is 4. The van der Waals surface area contributed by atoms with Crippen LogP contribution in [0.1, 0.15) is 13.3 Å². The van der Waals surface area contributed by atoms with Gasteiger partial charge >= 0.3 is 0 Å². The van der Waals surface area contributed by atoms with Gasteiger partial charge in [-0.15, -0.1) is 0 Å². The van der Waals surface area contributed by atoms with E-state index in [1.807, 2.05) is 43.3 Å². The monoisotopic (exact) mass is 286 g/mol. The Kier molecular flexibility index (Phi) is 4.40. The van der Waals surface area contributed by atoms with Crippen LogP contribution < -0.4 is 0 Å². The summed E-state index contributed by atoms with van der Waals surface area (Å²) in [5.41, 5.74) is 3.10. The number of fused-ring (bicyclic) bond motifs is 1. The van der Waals surface area contributed by atoms with Crippen LogP contribution in [0.25, 0.3) is 10.8 Å². The van der Waals surface area contributed by atoms with Gasteiger partial charge in [-0.05, 0) is 36.4 Å². The average molecular weight is 286 g/mol.